The molecule has 6 heteroatoms. The maximum atomic E-state index is 12.1. The van der Waals surface area contributed by atoms with Gasteiger partial charge in [-0.15, -0.1) is 0 Å². The lowest BCUT2D eigenvalue weighted by atomic mass is 10.1. The van der Waals surface area contributed by atoms with Gasteiger partial charge in [0.2, 0.25) is 0 Å². The second kappa shape index (κ2) is 9.52. The summed E-state index contributed by atoms with van der Waals surface area (Å²) in [6.07, 6.45) is -2.32. The zero-order chi connectivity index (χ0) is 19.8. The summed E-state index contributed by atoms with van der Waals surface area (Å²) in [5.41, 5.74) is 2.10. The predicted octanol–water partition coefficient (Wildman–Crippen LogP) is 3.65. The third-order valence-electron chi connectivity index (χ3n) is 3.99. The first-order valence-electron chi connectivity index (χ1n) is 8.72. The fourth-order valence-electron chi connectivity index (χ4n) is 2.56. The topological polar surface area (TPSA) is 72.9 Å². The largest absolute Gasteiger partial charge is 0.463 e. The molecular formula is C21H23NO5. The van der Waals surface area contributed by atoms with Crippen molar-refractivity contribution < 1.29 is 23.9 Å². The van der Waals surface area contributed by atoms with Crippen LogP contribution in [0.3, 0.4) is 0 Å². The molecule has 2 amide bonds. The Morgan fingerprint density at radius 2 is 1.63 bits per heavy atom. The van der Waals surface area contributed by atoms with Crippen molar-refractivity contribution in [3.05, 3.63) is 71.8 Å². The Morgan fingerprint density at radius 3 is 2.11 bits per heavy atom. The van der Waals surface area contributed by atoms with Crippen LogP contribution in [0.5, 0.6) is 0 Å². The highest BCUT2D eigenvalue weighted by atomic mass is 16.6. The molecule has 2 aromatic carbocycles. The highest BCUT2D eigenvalue weighted by Crippen LogP contribution is 2.27. The maximum Gasteiger partial charge on any atom is 0.418 e. The van der Waals surface area contributed by atoms with Crippen LogP contribution in [0.2, 0.25) is 0 Å². The fraction of sp³-hybridized carbons (Fsp3) is 0.286. The fourth-order valence-corrected chi connectivity index (χ4v) is 2.56. The number of imide groups is 1. The van der Waals surface area contributed by atoms with Gasteiger partial charge in [-0.2, -0.15) is 0 Å². The number of esters is 1. The molecule has 1 fully saturated rings. The normalized spacial score (nSPS) is 16.9. The summed E-state index contributed by atoms with van der Waals surface area (Å²) in [7, 11) is 0. The third kappa shape index (κ3) is 5.17. The molecule has 0 aliphatic carbocycles. The Hall–Kier alpha value is -3.15. The average molecular weight is 369 g/mol. The molecule has 3 rings (SSSR count). The summed E-state index contributed by atoms with van der Waals surface area (Å²) in [6.45, 7) is 5.51. The van der Waals surface area contributed by atoms with E-state index in [0.717, 1.165) is 10.5 Å². The highest BCUT2D eigenvalue weighted by molar-refractivity contribution is 6.11. The number of benzene rings is 2. The van der Waals surface area contributed by atoms with Gasteiger partial charge in [0, 0.05) is 0 Å². The van der Waals surface area contributed by atoms with E-state index in [9.17, 15) is 14.4 Å². The molecule has 0 bridgehead atoms. The average Bonchev–Trinajstić information content (AvgIpc) is 2.97. The van der Waals surface area contributed by atoms with Crippen LogP contribution in [-0.2, 0) is 19.1 Å². The number of carbonyl (C=O) groups is 3. The lowest BCUT2D eigenvalue weighted by Gasteiger charge is -2.20. The molecule has 0 N–H and O–H groups in total. The van der Waals surface area contributed by atoms with Gasteiger partial charge in [-0.3, -0.25) is 4.79 Å². The van der Waals surface area contributed by atoms with Gasteiger partial charge >= 0.3 is 12.1 Å². The molecule has 2 atom stereocenters. The summed E-state index contributed by atoms with van der Waals surface area (Å²) >= 11 is 0. The van der Waals surface area contributed by atoms with Gasteiger partial charge in [0.15, 0.2) is 0 Å². The molecular weight excluding hydrogens is 346 g/mol. The van der Waals surface area contributed by atoms with Crippen LogP contribution in [0.25, 0.3) is 0 Å². The van der Waals surface area contributed by atoms with Crippen molar-refractivity contribution in [2.24, 2.45) is 0 Å². The quantitative estimate of drug-likeness (QED) is 0.607. The van der Waals surface area contributed by atoms with Crippen LogP contribution >= 0.6 is 0 Å². The van der Waals surface area contributed by atoms with Crippen LogP contribution in [-0.4, -0.2) is 35.6 Å². The lowest BCUT2D eigenvalue weighted by molar-refractivity contribution is -0.155. The minimum Gasteiger partial charge on any atom is -0.463 e. The molecule has 6 nitrogen and oxygen atoms in total. The molecule has 0 radical (unpaired) electrons. The van der Waals surface area contributed by atoms with Crippen LogP contribution in [0.15, 0.2) is 60.7 Å². The van der Waals surface area contributed by atoms with E-state index in [2.05, 4.69) is 19.1 Å². The SMILES string of the molecule is CCOC(=O)C1OC(=O)N(C(C)c2ccccc2)C1=O.Cc1ccccc1. The molecule has 27 heavy (non-hydrogen) atoms. The first-order chi connectivity index (χ1) is 13.0. The zero-order valence-corrected chi connectivity index (χ0v) is 15.6. The van der Waals surface area contributed by atoms with Crippen molar-refractivity contribution >= 4 is 18.0 Å². The molecule has 1 aliphatic rings. The molecule has 0 spiro atoms. The number of ether oxygens (including phenoxy) is 2. The van der Waals surface area contributed by atoms with E-state index in [1.807, 2.05) is 24.3 Å². The Kier molecular flexibility index (Phi) is 7.11. The standard InChI is InChI=1S/C14H15NO5.C7H8/c1-3-19-13(17)11-12(16)15(14(18)20-11)9(2)10-7-5-4-6-8-10;1-7-5-3-2-4-6-7/h4-9,11H,3H2,1-2H3;2-6H,1H3. The number of aryl methyl sites for hydroxylation is 1. The number of nitrogens with zero attached hydrogens (tertiary/aromatic N) is 1. The monoisotopic (exact) mass is 369 g/mol. The van der Waals surface area contributed by atoms with E-state index >= 15 is 0 Å². The molecule has 2 aromatic rings. The molecule has 142 valence electrons. The number of hydrogen-bond acceptors (Lipinski definition) is 5. The molecule has 1 heterocycles. The van der Waals surface area contributed by atoms with Crippen LogP contribution in [0.4, 0.5) is 4.79 Å². The van der Waals surface area contributed by atoms with Crippen molar-refractivity contribution in [1.82, 2.24) is 4.90 Å². The van der Waals surface area contributed by atoms with E-state index in [1.165, 1.54) is 5.56 Å². The van der Waals surface area contributed by atoms with E-state index in [1.54, 1.807) is 38.1 Å². The van der Waals surface area contributed by atoms with Crippen molar-refractivity contribution in [1.29, 1.82) is 0 Å². The Balaban J connectivity index is 0.000000313. The Labute approximate surface area is 158 Å². The Morgan fingerprint density at radius 1 is 1.07 bits per heavy atom. The first kappa shape index (κ1) is 20.2. The van der Waals surface area contributed by atoms with E-state index in [4.69, 9.17) is 9.47 Å². The zero-order valence-electron chi connectivity index (χ0n) is 15.6. The van der Waals surface area contributed by atoms with Gasteiger partial charge in [-0.1, -0.05) is 66.2 Å². The minimum absolute atomic E-state index is 0.119. The lowest BCUT2D eigenvalue weighted by Crippen LogP contribution is -2.37. The van der Waals surface area contributed by atoms with Gasteiger partial charge in [0.25, 0.3) is 12.0 Å². The molecule has 0 saturated carbocycles. The molecule has 1 aliphatic heterocycles. The second-order valence-electron chi connectivity index (χ2n) is 5.97. The molecule has 1 saturated heterocycles. The van der Waals surface area contributed by atoms with Crippen LogP contribution in [0.1, 0.15) is 31.0 Å². The summed E-state index contributed by atoms with van der Waals surface area (Å²) in [5, 5.41) is 0. The van der Waals surface area contributed by atoms with Gasteiger partial charge in [0.05, 0.1) is 12.6 Å². The van der Waals surface area contributed by atoms with Gasteiger partial charge in [-0.05, 0) is 26.3 Å². The summed E-state index contributed by atoms with van der Waals surface area (Å²) in [4.78, 5) is 36.4. The van der Waals surface area contributed by atoms with Crippen molar-refractivity contribution in [2.75, 3.05) is 6.61 Å². The Bertz CT molecular complexity index is 776. The van der Waals surface area contributed by atoms with Crippen molar-refractivity contribution in [2.45, 2.75) is 32.9 Å². The third-order valence-corrected chi connectivity index (χ3v) is 3.99. The van der Waals surface area contributed by atoms with Crippen molar-refractivity contribution in [3.8, 4) is 0 Å². The molecule has 0 aromatic heterocycles. The highest BCUT2D eigenvalue weighted by Gasteiger charge is 2.48. The number of carbonyl (C=O) groups excluding carboxylic acids is 3. The maximum absolute atomic E-state index is 12.1. The predicted molar refractivity (Wildman–Crippen MR) is 99.8 cm³/mol. The van der Waals surface area contributed by atoms with Crippen molar-refractivity contribution in [3.63, 3.8) is 0 Å². The number of cyclic esters (lactones) is 1. The van der Waals surface area contributed by atoms with E-state index in [-0.39, 0.29) is 6.61 Å². The van der Waals surface area contributed by atoms with Crippen LogP contribution in [0, 0.1) is 6.92 Å². The number of amides is 2. The van der Waals surface area contributed by atoms with Gasteiger partial charge < -0.3 is 9.47 Å². The number of hydrogen-bond donors (Lipinski definition) is 0. The number of rotatable bonds is 4. The van der Waals surface area contributed by atoms with Gasteiger partial charge in [0.1, 0.15) is 0 Å². The summed E-state index contributed by atoms with van der Waals surface area (Å²) in [5.74, 6) is -1.53. The summed E-state index contributed by atoms with van der Waals surface area (Å²) in [6, 6.07) is 18.8. The van der Waals surface area contributed by atoms with E-state index < -0.39 is 30.1 Å². The van der Waals surface area contributed by atoms with E-state index in [0.29, 0.717) is 0 Å². The minimum atomic E-state index is -1.49. The van der Waals surface area contributed by atoms with Crippen LogP contribution < -0.4 is 0 Å². The first-order valence-corrected chi connectivity index (χ1v) is 8.72. The smallest absolute Gasteiger partial charge is 0.418 e. The molecule has 2 unspecified atom stereocenters. The second-order valence-corrected chi connectivity index (χ2v) is 5.97. The van der Waals surface area contributed by atoms with Gasteiger partial charge in [-0.25, -0.2) is 14.5 Å². The summed E-state index contributed by atoms with van der Waals surface area (Å²) < 4.78 is 9.52.